The Bertz CT molecular complexity index is 361. The highest BCUT2D eigenvalue weighted by molar-refractivity contribution is 5.49. The summed E-state index contributed by atoms with van der Waals surface area (Å²) in [4.78, 5) is 0. The average molecular weight is 192 g/mol. The summed E-state index contributed by atoms with van der Waals surface area (Å²) in [5.74, 6) is 6.32. The fraction of sp³-hybridized carbons (Fsp3) is 0.273. The second-order valence-electron chi connectivity index (χ2n) is 2.66. The molecule has 0 fully saturated rings. The van der Waals surface area contributed by atoms with Gasteiger partial charge in [-0.15, -0.1) is 0 Å². The standard InChI is InChI=1S/C11H12O3/c1-14-11-8-10(13)6-5-9(11)4-2-3-7-12/h5-6,8,12-13H,3,7H2,1H3. The lowest BCUT2D eigenvalue weighted by Crippen LogP contribution is -1.87. The third-order valence-corrected chi connectivity index (χ3v) is 1.64. The molecule has 0 saturated heterocycles. The zero-order chi connectivity index (χ0) is 10.4. The van der Waals surface area contributed by atoms with Crippen LogP contribution < -0.4 is 4.74 Å². The molecule has 0 amide bonds. The minimum absolute atomic E-state index is 0.0490. The summed E-state index contributed by atoms with van der Waals surface area (Å²) in [7, 11) is 1.52. The molecule has 0 saturated carbocycles. The fourth-order valence-corrected chi connectivity index (χ4v) is 0.997. The molecule has 0 heterocycles. The van der Waals surface area contributed by atoms with Crippen molar-refractivity contribution in [1.29, 1.82) is 0 Å². The van der Waals surface area contributed by atoms with Gasteiger partial charge in [-0.3, -0.25) is 0 Å². The lowest BCUT2D eigenvalue weighted by atomic mass is 10.2. The van der Waals surface area contributed by atoms with Gasteiger partial charge in [0.2, 0.25) is 0 Å². The molecule has 74 valence electrons. The number of hydrogen-bond acceptors (Lipinski definition) is 3. The van der Waals surface area contributed by atoms with Crippen LogP contribution in [-0.4, -0.2) is 23.9 Å². The molecule has 0 aromatic heterocycles. The van der Waals surface area contributed by atoms with Crippen LogP contribution in [0.25, 0.3) is 0 Å². The predicted octanol–water partition coefficient (Wildman–Crippen LogP) is 1.13. The molecule has 0 aliphatic heterocycles. The highest BCUT2D eigenvalue weighted by atomic mass is 16.5. The van der Waals surface area contributed by atoms with E-state index < -0.39 is 0 Å². The lowest BCUT2D eigenvalue weighted by molar-refractivity contribution is 0.305. The summed E-state index contributed by atoms with van der Waals surface area (Å²) < 4.78 is 5.03. The topological polar surface area (TPSA) is 49.7 Å². The highest BCUT2D eigenvalue weighted by Gasteiger charge is 2.00. The SMILES string of the molecule is COc1cc(O)ccc1C#CCCO. The van der Waals surface area contributed by atoms with Gasteiger partial charge in [0.25, 0.3) is 0 Å². The molecule has 0 spiro atoms. The first-order chi connectivity index (χ1) is 6.77. The molecule has 0 unspecified atom stereocenters. The van der Waals surface area contributed by atoms with E-state index in [2.05, 4.69) is 11.8 Å². The Morgan fingerprint density at radius 1 is 1.43 bits per heavy atom. The van der Waals surface area contributed by atoms with Gasteiger partial charge in [-0.1, -0.05) is 11.8 Å². The van der Waals surface area contributed by atoms with Crippen LogP contribution in [0.2, 0.25) is 0 Å². The summed E-state index contributed by atoms with van der Waals surface area (Å²) in [5.41, 5.74) is 0.707. The summed E-state index contributed by atoms with van der Waals surface area (Å²) in [5, 5.41) is 17.7. The van der Waals surface area contributed by atoms with Crippen molar-refractivity contribution in [3.63, 3.8) is 0 Å². The molecular weight excluding hydrogens is 180 g/mol. The van der Waals surface area contributed by atoms with Gasteiger partial charge in [-0.05, 0) is 12.1 Å². The van der Waals surface area contributed by atoms with Gasteiger partial charge in [-0.2, -0.15) is 0 Å². The second-order valence-corrected chi connectivity index (χ2v) is 2.66. The Kier molecular flexibility index (Phi) is 3.84. The van der Waals surface area contributed by atoms with Gasteiger partial charge in [-0.25, -0.2) is 0 Å². The maximum Gasteiger partial charge on any atom is 0.138 e. The van der Waals surface area contributed by atoms with Crippen molar-refractivity contribution in [1.82, 2.24) is 0 Å². The zero-order valence-corrected chi connectivity index (χ0v) is 7.95. The lowest BCUT2D eigenvalue weighted by Gasteiger charge is -2.02. The minimum atomic E-state index is 0.0490. The third-order valence-electron chi connectivity index (χ3n) is 1.64. The van der Waals surface area contributed by atoms with Crippen LogP contribution in [-0.2, 0) is 0 Å². The first-order valence-electron chi connectivity index (χ1n) is 4.24. The number of hydrogen-bond donors (Lipinski definition) is 2. The number of aliphatic hydroxyl groups excluding tert-OH is 1. The van der Waals surface area contributed by atoms with E-state index in [0.717, 1.165) is 0 Å². The van der Waals surface area contributed by atoms with Crippen molar-refractivity contribution in [3.8, 4) is 23.3 Å². The van der Waals surface area contributed by atoms with Crippen molar-refractivity contribution in [2.45, 2.75) is 6.42 Å². The Morgan fingerprint density at radius 3 is 2.86 bits per heavy atom. The van der Waals surface area contributed by atoms with E-state index in [1.807, 2.05) is 0 Å². The second kappa shape index (κ2) is 5.15. The largest absolute Gasteiger partial charge is 0.508 e. The van der Waals surface area contributed by atoms with Gasteiger partial charge < -0.3 is 14.9 Å². The van der Waals surface area contributed by atoms with E-state index in [1.54, 1.807) is 12.1 Å². The number of benzene rings is 1. The number of phenols is 1. The number of methoxy groups -OCH3 is 1. The van der Waals surface area contributed by atoms with Gasteiger partial charge in [0.05, 0.1) is 19.3 Å². The van der Waals surface area contributed by atoms with Crippen LogP contribution in [0.15, 0.2) is 18.2 Å². The molecule has 1 aromatic rings. The number of aromatic hydroxyl groups is 1. The molecule has 3 nitrogen and oxygen atoms in total. The maximum absolute atomic E-state index is 9.17. The van der Waals surface area contributed by atoms with Gasteiger partial charge in [0.1, 0.15) is 11.5 Å². The molecule has 1 aromatic carbocycles. The molecule has 14 heavy (non-hydrogen) atoms. The fourth-order valence-electron chi connectivity index (χ4n) is 0.997. The van der Waals surface area contributed by atoms with E-state index in [9.17, 15) is 5.11 Å². The van der Waals surface area contributed by atoms with Crippen LogP contribution in [0.1, 0.15) is 12.0 Å². The van der Waals surface area contributed by atoms with E-state index >= 15 is 0 Å². The summed E-state index contributed by atoms with van der Waals surface area (Å²) in [6, 6.07) is 4.73. The number of rotatable bonds is 2. The van der Waals surface area contributed by atoms with E-state index in [1.165, 1.54) is 13.2 Å². The van der Waals surface area contributed by atoms with Crippen molar-refractivity contribution in [2.24, 2.45) is 0 Å². The van der Waals surface area contributed by atoms with Crippen molar-refractivity contribution >= 4 is 0 Å². The number of phenolic OH excluding ortho intramolecular Hbond substituents is 1. The third kappa shape index (κ3) is 2.68. The molecule has 0 atom stereocenters. The minimum Gasteiger partial charge on any atom is -0.508 e. The molecule has 0 radical (unpaired) electrons. The van der Waals surface area contributed by atoms with Crippen LogP contribution in [0.4, 0.5) is 0 Å². The molecule has 0 aliphatic carbocycles. The Morgan fingerprint density at radius 2 is 2.21 bits per heavy atom. The summed E-state index contributed by atoms with van der Waals surface area (Å²) in [6.45, 7) is 0.0490. The van der Waals surface area contributed by atoms with Crippen LogP contribution in [0, 0.1) is 11.8 Å². The van der Waals surface area contributed by atoms with Gasteiger partial charge in [0.15, 0.2) is 0 Å². The average Bonchev–Trinajstić information content (AvgIpc) is 2.20. The zero-order valence-electron chi connectivity index (χ0n) is 7.95. The quantitative estimate of drug-likeness (QED) is 0.691. The van der Waals surface area contributed by atoms with E-state index in [0.29, 0.717) is 17.7 Å². The Balaban J connectivity index is 2.92. The number of aliphatic hydroxyl groups is 1. The summed E-state index contributed by atoms with van der Waals surface area (Å²) >= 11 is 0. The van der Waals surface area contributed by atoms with E-state index in [4.69, 9.17) is 9.84 Å². The summed E-state index contributed by atoms with van der Waals surface area (Å²) in [6.07, 6.45) is 0.435. The first kappa shape index (κ1) is 10.4. The normalized spacial score (nSPS) is 9.00. The van der Waals surface area contributed by atoms with Crippen LogP contribution >= 0.6 is 0 Å². The van der Waals surface area contributed by atoms with Crippen molar-refractivity contribution in [2.75, 3.05) is 13.7 Å². The molecule has 2 N–H and O–H groups in total. The first-order valence-corrected chi connectivity index (χ1v) is 4.24. The highest BCUT2D eigenvalue weighted by Crippen LogP contribution is 2.22. The van der Waals surface area contributed by atoms with Crippen molar-refractivity contribution < 1.29 is 14.9 Å². The molecule has 3 heteroatoms. The maximum atomic E-state index is 9.17. The molecule has 0 bridgehead atoms. The monoisotopic (exact) mass is 192 g/mol. The van der Waals surface area contributed by atoms with Crippen LogP contribution in [0.5, 0.6) is 11.5 Å². The molecule has 1 rings (SSSR count). The van der Waals surface area contributed by atoms with Crippen molar-refractivity contribution in [3.05, 3.63) is 23.8 Å². The Labute approximate surface area is 83.0 Å². The van der Waals surface area contributed by atoms with Crippen LogP contribution in [0.3, 0.4) is 0 Å². The van der Waals surface area contributed by atoms with Gasteiger partial charge in [0, 0.05) is 12.5 Å². The van der Waals surface area contributed by atoms with Gasteiger partial charge >= 0.3 is 0 Å². The smallest absolute Gasteiger partial charge is 0.138 e. The Hall–Kier alpha value is -1.66. The molecule has 0 aliphatic rings. The number of ether oxygens (including phenoxy) is 1. The predicted molar refractivity (Wildman–Crippen MR) is 53.2 cm³/mol. The molecular formula is C11H12O3. The van der Waals surface area contributed by atoms with E-state index in [-0.39, 0.29) is 12.4 Å².